The van der Waals surface area contributed by atoms with Gasteiger partial charge in [0.1, 0.15) is 22.1 Å². The number of hydrogen-bond acceptors (Lipinski definition) is 5. The van der Waals surface area contributed by atoms with E-state index < -0.39 is 27.1 Å². The Labute approximate surface area is 130 Å². The van der Waals surface area contributed by atoms with E-state index in [0.717, 1.165) is 24.3 Å². The predicted octanol–water partition coefficient (Wildman–Crippen LogP) is 3.36. The number of ether oxygens (including phenoxy) is 2. The maximum absolute atomic E-state index is 12.2. The van der Waals surface area contributed by atoms with Crippen molar-refractivity contribution in [3.05, 3.63) is 48.5 Å². The fraction of sp³-hybridized carbons (Fsp3) is 0.143. The van der Waals surface area contributed by atoms with Crippen molar-refractivity contribution in [3.63, 3.8) is 0 Å². The molecule has 0 N–H and O–H groups in total. The minimum absolute atomic E-state index is 0.00653. The van der Waals surface area contributed by atoms with Gasteiger partial charge in [0.15, 0.2) is 0 Å². The van der Waals surface area contributed by atoms with Gasteiger partial charge in [0.05, 0.1) is 7.11 Å². The molecule has 0 saturated carbocycles. The Morgan fingerprint density at radius 3 is 2.09 bits per heavy atom. The van der Waals surface area contributed by atoms with Crippen LogP contribution in [0.4, 0.5) is 13.2 Å². The summed E-state index contributed by atoms with van der Waals surface area (Å²) in [5, 5.41) is 0. The van der Waals surface area contributed by atoms with Crippen molar-refractivity contribution < 1.29 is 35.2 Å². The van der Waals surface area contributed by atoms with Crippen molar-refractivity contribution in [2.75, 3.05) is 7.11 Å². The third kappa shape index (κ3) is 4.78. The molecule has 0 bridgehead atoms. The maximum Gasteiger partial charge on any atom is 0.573 e. The highest BCUT2D eigenvalue weighted by atomic mass is 32.2. The van der Waals surface area contributed by atoms with Crippen LogP contribution < -0.4 is 13.7 Å². The third-order valence-corrected chi connectivity index (χ3v) is 3.84. The van der Waals surface area contributed by atoms with Crippen LogP contribution in [0.25, 0.3) is 0 Å². The average Bonchev–Trinajstić information content (AvgIpc) is 2.46. The molecular weight excluding hydrogens is 337 g/mol. The van der Waals surface area contributed by atoms with E-state index in [1.165, 1.54) is 31.4 Å². The van der Waals surface area contributed by atoms with Gasteiger partial charge in [-0.25, -0.2) is 0 Å². The molecule has 2 rings (SSSR count). The Bertz CT molecular complexity index is 770. The molecule has 5 nitrogen and oxygen atoms in total. The van der Waals surface area contributed by atoms with Gasteiger partial charge in [0.2, 0.25) is 0 Å². The number of alkyl halides is 3. The van der Waals surface area contributed by atoms with Crippen molar-refractivity contribution in [3.8, 4) is 17.2 Å². The summed E-state index contributed by atoms with van der Waals surface area (Å²) in [5.74, 6) is -0.167. The van der Waals surface area contributed by atoms with Crippen LogP contribution in [0.1, 0.15) is 0 Å². The van der Waals surface area contributed by atoms with Crippen LogP contribution in [0.5, 0.6) is 17.2 Å². The van der Waals surface area contributed by atoms with Gasteiger partial charge in [-0.3, -0.25) is 0 Å². The fourth-order valence-electron chi connectivity index (χ4n) is 1.63. The molecule has 124 valence electrons. The molecular formula is C14H11F3O5S. The van der Waals surface area contributed by atoms with Crippen LogP contribution in [-0.4, -0.2) is 21.9 Å². The molecule has 2 aromatic carbocycles. The van der Waals surface area contributed by atoms with Gasteiger partial charge in [-0.1, -0.05) is 6.07 Å². The highest BCUT2D eigenvalue weighted by Crippen LogP contribution is 2.27. The van der Waals surface area contributed by atoms with Crippen molar-refractivity contribution >= 4 is 10.1 Å². The van der Waals surface area contributed by atoms with E-state index in [0.29, 0.717) is 5.75 Å². The van der Waals surface area contributed by atoms with Crippen molar-refractivity contribution in [1.82, 2.24) is 0 Å². The molecule has 0 spiro atoms. The van der Waals surface area contributed by atoms with Gasteiger partial charge in [-0.15, -0.1) is 13.2 Å². The molecule has 0 fully saturated rings. The lowest BCUT2D eigenvalue weighted by Gasteiger charge is -2.11. The molecule has 0 unspecified atom stereocenters. The number of benzene rings is 2. The summed E-state index contributed by atoms with van der Waals surface area (Å²) in [6.45, 7) is 0. The number of halogens is 3. The van der Waals surface area contributed by atoms with Crippen LogP contribution in [0.15, 0.2) is 53.4 Å². The number of methoxy groups -OCH3 is 1. The monoisotopic (exact) mass is 348 g/mol. The molecule has 0 aliphatic carbocycles. The first kappa shape index (κ1) is 16.9. The molecule has 23 heavy (non-hydrogen) atoms. The number of hydrogen-bond donors (Lipinski definition) is 0. The van der Waals surface area contributed by atoms with Crippen LogP contribution in [0, 0.1) is 0 Å². The summed E-state index contributed by atoms with van der Waals surface area (Å²) < 4.78 is 74.1. The van der Waals surface area contributed by atoms with E-state index in [4.69, 9.17) is 8.92 Å². The van der Waals surface area contributed by atoms with Gasteiger partial charge < -0.3 is 13.7 Å². The average molecular weight is 348 g/mol. The Morgan fingerprint density at radius 2 is 1.52 bits per heavy atom. The lowest BCUT2D eigenvalue weighted by molar-refractivity contribution is -0.274. The summed E-state index contributed by atoms with van der Waals surface area (Å²) in [6, 6.07) is 9.60. The summed E-state index contributed by atoms with van der Waals surface area (Å²) in [4.78, 5) is -0.463. The lowest BCUT2D eigenvalue weighted by Crippen LogP contribution is -2.17. The lowest BCUT2D eigenvalue weighted by atomic mass is 10.3. The fourth-order valence-corrected chi connectivity index (χ4v) is 2.60. The first-order chi connectivity index (χ1) is 10.7. The van der Waals surface area contributed by atoms with Crippen LogP contribution >= 0.6 is 0 Å². The number of rotatable bonds is 5. The highest BCUT2D eigenvalue weighted by Gasteiger charge is 2.31. The smallest absolute Gasteiger partial charge is 0.497 e. The van der Waals surface area contributed by atoms with Gasteiger partial charge in [0.25, 0.3) is 0 Å². The first-order valence-corrected chi connectivity index (χ1v) is 7.55. The Morgan fingerprint density at radius 1 is 0.913 bits per heavy atom. The molecule has 0 radical (unpaired) electrons. The molecule has 9 heteroatoms. The van der Waals surface area contributed by atoms with Gasteiger partial charge >= 0.3 is 16.5 Å². The molecule has 0 aliphatic rings. The van der Waals surface area contributed by atoms with Gasteiger partial charge in [0, 0.05) is 6.07 Å². The molecule has 0 atom stereocenters. The summed E-state index contributed by atoms with van der Waals surface area (Å²) >= 11 is 0. The van der Waals surface area contributed by atoms with E-state index in [9.17, 15) is 21.6 Å². The summed E-state index contributed by atoms with van der Waals surface area (Å²) in [6.07, 6.45) is -4.92. The van der Waals surface area contributed by atoms with Crippen LogP contribution in [0.2, 0.25) is 0 Å². The van der Waals surface area contributed by atoms with Crippen molar-refractivity contribution in [1.29, 1.82) is 0 Å². The zero-order valence-electron chi connectivity index (χ0n) is 11.7. The molecule has 2 aromatic rings. The zero-order valence-corrected chi connectivity index (χ0v) is 12.5. The standard InChI is InChI=1S/C14H11F3O5S/c1-20-10-5-7-11(8-6-10)22-23(18,19)13-4-2-3-12(9-13)21-14(15,16)17/h2-9H,1H3. The SMILES string of the molecule is COc1ccc(OS(=O)(=O)c2cccc(OC(F)(F)F)c2)cc1. The Hall–Kier alpha value is -2.42. The van der Waals surface area contributed by atoms with Gasteiger partial charge in [-0.2, -0.15) is 8.42 Å². The van der Waals surface area contributed by atoms with E-state index in [2.05, 4.69) is 4.74 Å². The normalized spacial score (nSPS) is 11.8. The van der Waals surface area contributed by atoms with Gasteiger partial charge in [-0.05, 0) is 36.4 Å². The van der Waals surface area contributed by atoms with Crippen molar-refractivity contribution in [2.24, 2.45) is 0 Å². The van der Waals surface area contributed by atoms with E-state index in [-0.39, 0.29) is 5.75 Å². The zero-order chi connectivity index (χ0) is 17.1. The minimum Gasteiger partial charge on any atom is -0.497 e. The second kappa shape index (κ2) is 6.37. The molecule has 0 saturated heterocycles. The maximum atomic E-state index is 12.2. The Kier molecular flexibility index (Phi) is 4.69. The van der Waals surface area contributed by atoms with Crippen LogP contribution in [-0.2, 0) is 10.1 Å². The summed E-state index contributed by atoms with van der Waals surface area (Å²) in [5.41, 5.74) is 0. The largest absolute Gasteiger partial charge is 0.573 e. The molecule has 0 heterocycles. The molecule has 0 aromatic heterocycles. The summed E-state index contributed by atoms with van der Waals surface area (Å²) in [7, 11) is -2.86. The van der Waals surface area contributed by atoms with E-state index in [1.807, 2.05) is 0 Å². The topological polar surface area (TPSA) is 61.8 Å². The minimum atomic E-state index is -4.92. The van der Waals surface area contributed by atoms with Crippen LogP contribution in [0.3, 0.4) is 0 Å². The predicted molar refractivity (Wildman–Crippen MR) is 73.9 cm³/mol. The molecule has 0 amide bonds. The Balaban J connectivity index is 2.23. The second-order valence-corrected chi connectivity index (χ2v) is 5.78. The van der Waals surface area contributed by atoms with E-state index in [1.54, 1.807) is 0 Å². The van der Waals surface area contributed by atoms with Crippen molar-refractivity contribution in [2.45, 2.75) is 11.3 Å². The second-order valence-electron chi connectivity index (χ2n) is 4.24. The third-order valence-electron chi connectivity index (χ3n) is 2.59. The molecule has 0 aliphatic heterocycles. The quantitative estimate of drug-likeness (QED) is 0.776. The first-order valence-electron chi connectivity index (χ1n) is 6.14. The van der Waals surface area contributed by atoms with E-state index >= 15 is 0 Å². The highest BCUT2D eigenvalue weighted by molar-refractivity contribution is 7.87.